The SMILES string of the molecule is CC(N)Cc1c(F)cc(F)cc1F.Cl. The molecule has 1 atom stereocenters. The van der Waals surface area contributed by atoms with Gasteiger partial charge in [0.1, 0.15) is 17.5 Å². The average Bonchev–Trinajstić information content (AvgIpc) is 1.96. The Morgan fingerprint density at radius 2 is 1.64 bits per heavy atom. The summed E-state index contributed by atoms with van der Waals surface area (Å²) in [5.41, 5.74) is 5.22. The molecule has 1 aromatic carbocycles. The number of hydrogen-bond donors (Lipinski definition) is 1. The predicted octanol–water partition coefficient (Wildman–Crippen LogP) is 2.42. The van der Waals surface area contributed by atoms with Crippen LogP contribution in [0, 0.1) is 17.5 Å². The highest BCUT2D eigenvalue weighted by Crippen LogP contribution is 2.15. The van der Waals surface area contributed by atoms with Crippen LogP contribution in [0.5, 0.6) is 0 Å². The van der Waals surface area contributed by atoms with E-state index in [4.69, 9.17) is 5.73 Å². The van der Waals surface area contributed by atoms with Crippen LogP contribution in [0.15, 0.2) is 12.1 Å². The molecule has 0 fully saturated rings. The van der Waals surface area contributed by atoms with Gasteiger partial charge in [-0.05, 0) is 13.3 Å². The second-order valence-corrected chi connectivity index (χ2v) is 3.03. The fraction of sp³-hybridized carbons (Fsp3) is 0.333. The molecule has 5 heteroatoms. The highest BCUT2D eigenvalue weighted by molar-refractivity contribution is 5.85. The zero-order chi connectivity index (χ0) is 10.0. The fourth-order valence-electron chi connectivity index (χ4n) is 1.09. The Hall–Kier alpha value is -0.740. The van der Waals surface area contributed by atoms with E-state index in [-0.39, 0.29) is 30.4 Å². The van der Waals surface area contributed by atoms with Crippen molar-refractivity contribution in [3.05, 3.63) is 35.1 Å². The van der Waals surface area contributed by atoms with E-state index in [9.17, 15) is 13.2 Å². The van der Waals surface area contributed by atoms with Crippen molar-refractivity contribution >= 4 is 12.4 Å². The molecule has 0 radical (unpaired) electrons. The standard InChI is InChI=1S/C9H10F3N.ClH/c1-5(13)2-7-8(11)3-6(10)4-9(7)12;/h3-5H,2,13H2,1H3;1H. The van der Waals surface area contributed by atoms with Gasteiger partial charge in [-0.25, -0.2) is 13.2 Å². The molecule has 0 saturated carbocycles. The molecule has 14 heavy (non-hydrogen) atoms. The Kier molecular flexibility index (Phi) is 4.94. The van der Waals surface area contributed by atoms with Gasteiger partial charge < -0.3 is 5.73 Å². The quantitative estimate of drug-likeness (QED) is 0.822. The predicted molar refractivity (Wildman–Crippen MR) is 50.9 cm³/mol. The zero-order valence-electron chi connectivity index (χ0n) is 7.56. The summed E-state index contributed by atoms with van der Waals surface area (Å²) in [6, 6.07) is 0.955. The van der Waals surface area contributed by atoms with Crippen molar-refractivity contribution < 1.29 is 13.2 Å². The Morgan fingerprint density at radius 3 is 2.00 bits per heavy atom. The molecular formula is C9H11ClF3N. The van der Waals surface area contributed by atoms with Crippen molar-refractivity contribution in [3.63, 3.8) is 0 Å². The second kappa shape index (κ2) is 5.22. The largest absolute Gasteiger partial charge is 0.328 e. The molecule has 0 heterocycles. The molecule has 0 amide bonds. The molecule has 80 valence electrons. The lowest BCUT2D eigenvalue weighted by molar-refractivity contribution is 0.515. The molecule has 0 spiro atoms. The first kappa shape index (κ1) is 13.3. The second-order valence-electron chi connectivity index (χ2n) is 3.03. The maximum atomic E-state index is 12.9. The molecule has 0 aliphatic rings. The van der Waals surface area contributed by atoms with Crippen LogP contribution in [0.3, 0.4) is 0 Å². The molecule has 0 bridgehead atoms. The first-order valence-corrected chi connectivity index (χ1v) is 3.89. The number of rotatable bonds is 2. The number of halogens is 4. The highest BCUT2D eigenvalue weighted by Gasteiger charge is 2.12. The minimum absolute atomic E-state index is 0. The molecular weight excluding hydrogens is 215 g/mol. The van der Waals surface area contributed by atoms with Gasteiger partial charge in [0.2, 0.25) is 0 Å². The van der Waals surface area contributed by atoms with E-state index in [0.29, 0.717) is 12.1 Å². The van der Waals surface area contributed by atoms with Crippen LogP contribution in [-0.4, -0.2) is 6.04 Å². The molecule has 0 saturated heterocycles. The number of hydrogen-bond acceptors (Lipinski definition) is 1. The normalized spacial score (nSPS) is 12.1. The van der Waals surface area contributed by atoms with Crippen molar-refractivity contribution in [2.45, 2.75) is 19.4 Å². The van der Waals surface area contributed by atoms with Crippen LogP contribution >= 0.6 is 12.4 Å². The Balaban J connectivity index is 0.00000169. The van der Waals surface area contributed by atoms with E-state index in [0.717, 1.165) is 0 Å². The first-order chi connectivity index (χ1) is 6.00. The molecule has 1 rings (SSSR count). The third-order valence-corrected chi connectivity index (χ3v) is 1.63. The van der Waals surface area contributed by atoms with Crippen molar-refractivity contribution in [2.75, 3.05) is 0 Å². The van der Waals surface area contributed by atoms with Gasteiger partial charge in [-0.3, -0.25) is 0 Å². The lowest BCUT2D eigenvalue weighted by atomic mass is 10.1. The molecule has 0 aliphatic carbocycles. The molecule has 1 unspecified atom stereocenters. The van der Waals surface area contributed by atoms with Crippen molar-refractivity contribution in [1.82, 2.24) is 0 Å². The van der Waals surface area contributed by atoms with Gasteiger partial charge in [0.25, 0.3) is 0 Å². The topological polar surface area (TPSA) is 26.0 Å². The summed E-state index contributed by atoms with van der Waals surface area (Å²) in [5.74, 6) is -2.67. The summed E-state index contributed by atoms with van der Waals surface area (Å²) >= 11 is 0. The van der Waals surface area contributed by atoms with Crippen molar-refractivity contribution in [3.8, 4) is 0 Å². The van der Waals surface area contributed by atoms with E-state index in [1.807, 2.05) is 0 Å². The summed E-state index contributed by atoms with van der Waals surface area (Å²) in [7, 11) is 0. The molecule has 0 aliphatic heterocycles. The third-order valence-electron chi connectivity index (χ3n) is 1.63. The summed E-state index contributed by atoms with van der Waals surface area (Å²) in [4.78, 5) is 0. The monoisotopic (exact) mass is 225 g/mol. The summed E-state index contributed by atoms with van der Waals surface area (Å²) < 4.78 is 38.3. The maximum absolute atomic E-state index is 12.9. The van der Waals surface area contributed by atoms with E-state index < -0.39 is 17.5 Å². The third kappa shape index (κ3) is 3.20. The highest BCUT2D eigenvalue weighted by atomic mass is 35.5. The van der Waals surface area contributed by atoms with E-state index in [2.05, 4.69) is 0 Å². The van der Waals surface area contributed by atoms with E-state index in [1.165, 1.54) is 0 Å². The van der Waals surface area contributed by atoms with Crippen LogP contribution in [0.1, 0.15) is 12.5 Å². The van der Waals surface area contributed by atoms with Gasteiger partial charge in [0, 0.05) is 23.7 Å². The molecule has 2 N–H and O–H groups in total. The lowest BCUT2D eigenvalue weighted by Crippen LogP contribution is -2.19. The number of nitrogens with two attached hydrogens (primary N) is 1. The lowest BCUT2D eigenvalue weighted by Gasteiger charge is -2.07. The minimum Gasteiger partial charge on any atom is -0.328 e. The Morgan fingerprint density at radius 1 is 1.21 bits per heavy atom. The Labute approximate surface area is 86.5 Å². The molecule has 1 aromatic rings. The summed E-state index contributed by atoms with van der Waals surface area (Å²) in [5, 5.41) is 0. The van der Waals surface area contributed by atoms with E-state index in [1.54, 1.807) is 6.92 Å². The van der Waals surface area contributed by atoms with Gasteiger partial charge in [0.15, 0.2) is 0 Å². The fourth-order valence-corrected chi connectivity index (χ4v) is 1.09. The summed E-state index contributed by atoms with van der Waals surface area (Å²) in [6.45, 7) is 1.63. The average molecular weight is 226 g/mol. The van der Waals surface area contributed by atoms with Gasteiger partial charge in [-0.15, -0.1) is 12.4 Å². The zero-order valence-corrected chi connectivity index (χ0v) is 8.38. The van der Waals surface area contributed by atoms with Gasteiger partial charge in [0.05, 0.1) is 0 Å². The molecule has 1 nitrogen and oxygen atoms in total. The van der Waals surface area contributed by atoms with E-state index >= 15 is 0 Å². The van der Waals surface area contributed by atoms with Gasteiger partial charge in [-0.2, -0.15) is 0 Å². The van der Waals surface area contributed by atoms with Crippen LogP contribution in [0.25, 0.3) is 0 Å². The van der Waals surface area contributed by atoms with Crippen molar-refractivity contribution in [2.24, 2.45) is 5.73 Å². The first-order valence-electron chi connectivity index (χ1n) is 3.89. The van der Waals surface area contributed by atoms with Gasteiger partial charge >= 0.3 is 0 Å². The van der Waals surface area contributed by atoms with Gasteiger partial charge in [-0.1, -0.05) is 0 Å². The van der Waals surface area contributed by atoms with Crippen LogP contribution in [-0.2, 0) is 6.42 Å². The smallest absolute Gasteiger partial charge is 0.132 e. The molecule has 0 aromatic heterocycles. The number of benzene rings is 1. The Bertz CT molecular complexity index is 292. The minimum atomic E-state index is -0.913. The summed E-state index contributed by atoms with van der Waals surface area (Å²) in [6.07, 6.45) is 0.0674. The van der Waals surface area contributed by atoms with Crippen LogP contribution in [0.4, 0.5) is 13.2 Å². The van der Waals surface area contributed by atoms with Crippen molar-refractivity contribution in [1.29, 1.82) is 0 Å². The maximum Gasteiger partial charge on any atom is 0.132 e. The van der Waals surface area contributed by atoms with Crippen LogP contribution < -0.4 is 5.73 Å². The van der Waals surface area contributed by atoms with Crippen LogP contribution in [0.2, 0.25) is 0 Å².